The second-order valence-electron chi connectivity index (χ2n) is 1.74. The highest BCUT2D eigenvalue weighted by Gasteiger charge is 2.26. The molecule has 62 valence electrons. The number of ketones is 1. The molecule has 0 heterocycles. The average molecular weight is 164 g/mol. The van der Waals surface area contributed by atoms with Crippen LogP contribution in [0.1, 0.15) is 6.42 Å². The Bertz CT molecular complexity index is 199. The summed E-state index contributed by atoms with van der Waals surface area (Å²) in [6.45, 7) is 0. The summed E-state index contributed by atoms with van der Waals surface area (Å²) < 4.78 is 12.1. The highest BCUT2D eigenvalue weighted by Crippen LogP contribution is 1.96. The third kappa shape index (κ3) is 3.29. The molecule has 0 saturated carbocycles. The van der Waals surface area contributed by atoms with Gasteiger partial charge in [-0.1, -0.05) is 0 Å². The zero-order valence-corrected chi connectivity index (χ0v) is 5.28. The van der Waals surface area contributed by atoms with Crippen molar-refractivity contribution >= 4 is 17.7 Å². The van der Waals surface area contributed by atoms with Crippen LogP contribution in [0.2, 0.25) is 0 Å². The second-order valence-corrected chi connectivity index (χ2v) is 1.74. The van der Waals surface area contributed by atoms with Crippen LogP contribution in [0.15, 0.2) is 0 Å². The first kappa shape index (κ1) is 9.54. The monoisotopic (exact) mass is 164 g/mol. The summed E-state index contributed by atoms with van der Waals surface area (Å²) in [6, 6.07) is 0. The van der Waals surface area contributed by atoms with Crippen molar-refractivity contribution in [3.8, 4) is 0 Å². The summed E-state index contributed by atoms with van der Waals surface area (Å²) in [7, 11) is 0. The van der Waals surface area contributed by atoms with E-state index in [0.717, 1.165) is 0 Å². The molecule has 0 bridgehead atoms. The molecule has 0 rings (SSSR count). The summed E-state index contributed by atoms with van der Waals surface area (Å²) in [5, 5.41) is 15.8. The fourth-order valence-corrected chi connectivity index (χ4v) is 0.376. The fraction of sp³-hybridized carbons (Fsp3) is 0.400. The number of hydrogen-bond acceptors (Lipinski definition) is 3. The molecule has 0 spiro atoms. The Kier molecular flexibility index (Phi) is 3.16. The van der Waals surface area contributed by atoms with Gasteiger partial charge >= 0.3 is 11.9 Å². The van der Waals surface area contributed by atoms with Gasteiger partial charge in [-0.3, -0.25) is 9.59 Å². The van der Waals surface area contributed by atoms with Crippen LogP contribution < -0.4 is 0 Å². The molecule has 2 N–H and O–H groups in total. The molecule has 0 radical (unpaired) electrons. The van der Waals surface area contributed by atoms with E-state index in [4.69, 9.17) is 10.2 Å². The highest BCUT2D eigenvalue weighted by atomic mass is 19.1. The van der Waals surface area contributed by atoms with Crippen LogP contribution in [0.3, 0.4) is 0 Å². The molecule has 11 heavy (non-hydrogen) atoms. The Labute approximate surface area is 60.4 Å². The number of carbonyl (C=O) groups is 3. The number of aliphatic carboxylic acids is 2. The van der Waals surface area contributed by atoms with E-state index in [1.54, 1.807) is 0 Å². The van der Waals surface area contributed by atoms with Gasteiger partial charge in [-0.25, -0.2) is 9.18 Å². The number of carbonyl (C=O) groups excluding carboxylic acids is 1. The lowest BCUT2D eigenvalue weighted by Gasteiger charge is -1.97. The van der Waals surface area contributed by atoms with Gasteiger partial charge in [0.2, 0.25) is 0 Å². The van der Waals surface area contributed by atoms with Crippen molar-refractivity contribution in [1.82, 2.24) is 0 Å². The van der Waals surface area contributed by atoms with E-state index in [0.29, 0.717) is 0 Å². The van der Waals surface area contributed by atoms with E-state index in [1.165, 1.54) is 0 Å². The Morgan fingerprint density at radius 2 is 1.73 bits per heavy atom. The van der Waals surface area contributed by atoms with Crippen LogP contribution >= 0.6 is 0 Å². The normalized spacial score (nSPS) is 12.1. The fourth-order valence-electron chi connectivity index (χ4n) is 0.376. The van der Waals surface area contributed by atoms with Crippen LogP contribution in [0.25, 0.3) is 0 Å². The lowest BCUT2D eigenvalue weighted by Crippen LogP contribution is -2.26. The van der Waals surface area contributed by atoms with E-state index in [9.17, 15) is 18.8 Å². The number of Topliss-reactive ketones (excluding diaryl/α,β-unsaturated/α-hetero) is 1. The predicted octanol–water partition coefficient (Wildman–Crippen LogP) is -0.547. The van der Waals surface area contributed by atoms with Crippen molar-refractivity contribution in [1.29, 1.82) is 0 Å². The first-order valence-corrected chi connectivity index (χ1v) is 2.56. The molecule has 1 unspecified atom stereocenters. The van der Waals surface area contributed by atoms with E-state index >= 15 is 0 Å². The molecule has 0 saturated heterocycles. The van der Waals surface area contributed by atoms with E-state index in [-0.39, 0.29) is 0 Å². The van der Waals surface area contributed by atoms with Crippen LogP contribution in [0.4, 0.5) is 4.39 Å². The molecule has 6 heteroatoms. The summed E-state index contributed by atoms with van der Waals surface area (Å²) in [5.74, 6) is -4.96. The first-order valence-electron chi connectivity index (χ1n) is 2.56. The van der Waals surface area contributed by atoms with Crippen molar-refractivity contribution in [2.24, 2.45) is 0 Å². The van der Waals surface area contributed by atoms with Crippen LogP contribution in [-0.4, -0.2) is 34.1 Å². The summed E-state index contributed by atoms with van der Waals surface area (Å²) in [6.07, 6.45) is -3.83. The maximum Gasteiger partial charge on any atom is 0.346 e. The van der Waals surface area contributed by atoms with Crippen LogP contribution in [-0.2, 0) is 14.4 Å². The average Bonchev–Trinajstić information content (AvgIpc) is 1.84. The first-order chi connectivity index (χ1) is 4.95. The van der Waals surface area contributed by atoms with E-state index in [2.05, 4.69) is 0 Å². The van der Waals surface area contributed by atoms with E-state index in [1.807, 2.05) is 0 Å². The Balaban J connectivity index is 4.04. The van der Waals surface area contributed by atoms with Crippen molar-refractivity contribution in [2.75, 3.05) is 0 Å². The van der Waals surface area contributed by atoms with Gasteiger partial charge in [-0.15, -0.1) is 0 Å². The summed E-state index contributed by atoms with van der Waals surface area (Å²) in [5.41, 5.74) is 0. The predicted molar refractivity (Wildman–Crippen MR) is 29.8 cm³/mol. The number of alkyl halides is 1. The number of halogens is 1. The SMILES string of the molecule is O=C(O)CC(=O)C(F)C(=O)O. The zero-order valence-electron chi connectivity index (χ0n) is 5.28. The molecular weight excluding hydrogens is 159 g/mol. The molecule has 0 aromatic heterocycles. The Morgan fingerprint density at radius 3 is 2.00 bits per heavy atom. The van der Waals surface area contributed by atoms with Crippen molar-refractivity contribution in [3.05, 3.63) is 0 Å². The van der Waals surface area contributed by atoms with Gasteiger partial charge in [0.05, 0.1) is 0 Å². The molecule has 0 aromatic rings. The van der Waals surface area contributed by atoms with Gasteiger partial charge in [0.25, 0.3) is 6.17 Å². The molecule has 0 aliphatic heterocycles. The van der Waals surface area contributed by atoms with Gasteiger partial charge in [-0.2, -0.15) is 0 Å². The minimum absolute atomic E-state index is 1.10. The van der Waals surface area contributed by atoms with E-state index < -0.39 is 30.3 Å². The van der Waals surface area contributed by atoms with Gasteiger partial charge in [0.1, 0.15) is 6.42 Å². The Morgan fingerprint density at radius 1 is 1.27 bits per heavy atom. The lowest BCUT2D eigenvalue weighted by atomic mass is 10.2. The van der Waals surface area contributed by atoms with Crippen molar-refractivity contribution < 1.29 is 29.0 Å². The molecule has 1 atom stereocenters. The standard InChI is InChI=1S/C5H5FO5/c6-4(5(10)11)2(7)1-3(8)9/h4H,1H2,(H,8,9)(H,10,11). The molecule has 0 fully saturated rings. The third-order valence-electron chi connectivity index (χ3n) is 0.825. The molecule has 5 nitrogen and oxygen atoms in total. The summed E-state index contributed by atoms with van der Waals surface area (Å²) in [4.78, 5) is 29.7. The zero-order chi connectivity index (χ0) is 9.02. The number of rotatable bonds is 4. The molecule has 0 amide bonds. The van der Waals surface area contributed by atoms with Gasteiger partial charge in [0.15, 0.2) is 5.78 Å². The second kappa shape index (κ2) is 3.65. The van der Waals surface area contributed by atoms with Crippen LogP contribution in [0, 0.1) is 0 Å². The lowest BCUT2D eigenvalue weighted by molar-refractivity contribution is -0.149. The maximum atomic E-state index is 12.1. The molecule has 0 aromatic carbocycles. The number of hydrogen-bond donors (Lipinski definition) is 2. The quantitative estimate of drug-likeness (QED) is 0.544. The van der Waals surface area contributed by atoms with Crippen molar-refractivity contribution in [3.63, 3.8) is 0 Å². The topological polar surface area (TPSA) is 91.7 Å². The van der Waals surface area contributed by atoms with Crippen LogP contribution in [0.5, 0.6) is 0 Å². The summed E-state index contributed by atoms with van der Waals surface area (Å²) >= 11 is 0. The molecule has 0 aliphatic rings. The van der Waals surface area contributed by atoms with Crippen molar-refractivity contribution in [2.45, 2.75) is 12.6 Å². The minimum Gasteiger partial charge on any atom is -0.481 e. The number of carboxylic acid groups (broad SMARTS) is 2. The number of carboxylic acids is 2. The highest BCUT2D eigenvalue weighted by molar-refractivity contribution is 6.07. The van der Waals surface area contributed by atoms with Gasteiger partial charge in [-0.05, 0) is 0 Å². The third-order valence-corrected chi connectivity index (χ3v) is 0.825. The van der Waals surface area contributed by atoms with Gasteiger partial charge in [0, 0.05) is 0 Å². The smallest absolute Gasteiger partial charge is 0.346 e. The Hall–Kier alpha value is -1.46. The maximum absolute atomic E-state index is 12.1. The minimum atomic E-state index is -2.73. The molecule has 0 aliphatic carbocycles. The largest absolute Gasteiger partial charge is 0.481 e. The molecular formula is C5H5FO5. The van der Waals surface area contributed by atoms with Gasteiger partial charge < -0.3 is 10.2 Å².